The van der Waals surface area contributed by atoms with E-state index in [-0.39, 0.29) is 11.8 Å². The molecule has 1 atom stereocenters. The molecule has 150 valence electrons. The van der Waals surface area contributed by atoms with Gasteiger partial charge in [0.25, 0.3) is 0 Å². The predicted molar refractivity (Wildman–Crippen MR) is 117 cm³/mol. The van der Waals surface area contributed by atoms with E-state index in [1.807, 2.05) is 31.2 Å². The zero-order valence-corrected chi connectivity index (χ0v) is 18.2. The van der Waals surface area contributed by atoms with Crippen LogP contribution in [0.5, 0.6) is 0 Å². The molecule has 0 aliphatic rings. The lowest BCUT2D eigenvalue weighted by Gasteiger charge is -2.29. The topological polar surface area (TPSA) is 49.4 Å². The Hall–Kier alpha value is -2.27. The zero-order valence-electron chi connectivity index (χ0n) is 17.4. The molecule has 0 saturated heterocycles. The Labute approximate surface area is 172 Å². The van der Waals surface area contributed by atoms with Gasteiger partial charge in [0.2, 0.25) is 11.8 Å². The SMILES string of the molecule is CNC(=O)C(C)N(Cc1ccccc1C)C(=O)CSCc1cc(C)cc(C)c1. The van der Waals surface area contributed by atoms with Crippen molar-refractivity contribution in [3.63, 3.8) is 0 Å². The van der Waals surface area contributed by atoms with E-state index in [9.17, 15) is 9.59 Å². The highest BCUT2D eigenvalue weighted by Crippen LogP contribution is 2.19. The Balaban J connectivity index is 2.07. The Morgan fingerprint density at radius 2 is 1.71 bits per heavy atom. The molecule has 0 aromatic heterocycles. The van der Waals surface area contributed by atoms with Crippen LogP contribution in [-0.4, -0.2) is 35.6 Å². The van der Waals surface area contributed by atoms with Gasteiger partial charge in [-0.2, -0.15) is 0 Å². The van der Waals surface area contributed by atoms with Crippen LogP contribution in [0.4, 0.5) is 0 Å². The maximum Gasteiger partial charge on any atom is 0.242 e. The lowest BCUT2D eigenvalue weighted by molar-refractivity contribution is -0.138. The summed E-state index contributed by atoms with van der Waals surface area (Å²) in [6, 6.07) is 13.9. The molecule has 28 heavy (non-hydrogen) atoms. The molecule has 0 bridgehead atoms. The van der Waals surface area contributed by atoms with Crippen LogP contribution in [0.1, 0.15) is 34.7 Å². The van der Waals surface area contributed by atoms with Gasteiger partial charge in [0, 0.05) is 19.3 Å². The van der Waals surface area contributed by atoms with Crippen molar-refractivity contribution in [2.45, 2.75) is 46.0 Å². The summed E-state index contributed by atoms with van der Waals surface area (Å²) in [4.78, 5) is 26.8. The second-order valence-corrected chi connectivity index (χ2v) is 8.21. The van der Waals surface area contributed by atoms with Crippen molar-refractivity contribution < 1.29 is 9.59 Å². The summed E-state index contributed by atoms with van der Waals surface area (Å²) in [5.41, 5.74) is 5.87. The molecule has 0 saturated carbocycles. The Morgan fingerprint density at radius 1 is 1.07 bits per heavy atom. The first-order chi connectivity index (χ1) is 13.3. The number of carbonyl (C=O) groups is 2. The molecule has 2 aromatic rings. The van der Waals surface area contributed by atoms with Crippen molar-refractivity contribution >= 4 is 23.6 Å². The maximum atomic E-state index is 13.0. The lowest BCUT2D eigenvalue weighted by atomic mass is 10.1. The van der Waals surface area contributed by atoms with Gasteiger partial charge in [-0.1, -0.05) is 53.6 Å². The number of amides is 2. The number of likely N-dealkylation sites (N-methyl/N-ethyl adjacent to an activating group) is 1. The van der Waals surface area contributed by atoms with Crippen LogP contribution >= 0.6 is 11.8 Å². The van der Waals surface area contributed by atoms with E-state index < -0.39 is 6.04 Å². The Morgan fingerprint density at radius 3 is 2.32 bits per heavy atom. The highest BCUT2D eigenvalue weighted by molar-refractivity contribution is 7.99. The molecule has 2 amide bonds. The molecular formula is C23H30N2O2S. The van der Waals surface area contributed by atoms with Crippen molar-refractivity contribution in [1.82, 2.24) is 10.2 Å². The largest absolute Gasteiger partial charge is 0.357 e. The van der Waals surface area contributed by atoms with E-state index in [1.165, 1.54) is 16.7 Å². The first-order valence-electron chi connectivity index (χ1n) is 9.52. The van der Waals surface area contributed by atoms with Crippen molar-refractivity contribution in [2.24, 2.45) is 0 Å². The second kappa shape index (κ2) is 10.3. The molecule has 5 heteroatoms. The highest BCUT2D eigenvalue weighted by Gasteiger charge is 2.25. The molecule has 0 spiro atoms. The van der Waals surface area contributed by atoms with Crippen LogP contribution in [0, 0.1) is 20.8 Å². The second-order valence-electron chi connectivity index (χ2n) is 7.23. The summed E-state index contributed by atoms with van der Waals surface area (Å²) >= 11 is 1.59. The van der Waals surface area contributed by atoms with E-state index in [4.69, 9.17) is 0 Å². The minimum absolute atomic E-state index is 0.0197. The third-order valence-corrected chi connectivity index (χ3v) is 5.78. The minimum Gasteiger partial charge on any atom is -0.357 e. The fraction of sp³-hybridized carbons (Fsp3) is 0.391. The number of thioether (sulfide) groups is 1. The molecule has 0 aliphatic heterocycles. The van der Waals surface area contributed by atoms with Gasteiger partial charge in [0.15, 0.2) is 0 Å². The van der Waals surface area contributed by atoms with Gasteiger partial charge in [-0.05, 0) is 44.4 Å². The van der Waals surface area contributed by atoms with Gasteiger partial charge in [-0.25, -0.2) is 0 Å². The van der Waals surface area contributed by atoms with E-state index >= 15 is 0 Å². The number of carbonyl (C=O) groups excluding carboxylic acids is 2. The maximum absolute atomic E-state index is 13.0. The van der Waals surface area contributed by atoms with Gasteiger partial charge in [0.05, 0.1) is 5.75 Å². The van der Waals surface area contributed by atoms with E-state index in [0.29, 0.717) is 12.3 Å². The summed E-state index contributed by atoms with van der Waals surface area (Å²) in [5.74, 6) is 0.955. The van der Waals surface area contributed by atoms with Crippen LogP contribution in [-0.2, 0) is 21.9 Å². The first-order valence-corrected chi connectivity index (χ1v) is 10.7. The number of rotatable bonds is 8. The molecule has 0 heterocycles. The minimum atomic E-state index is -0.515. The lowest BCUT2D eigenvalue weighted by Crippen LogP contribution is -2.47. The molecule has 0 radical (unpaired) electrons. The normalized spacial score (nSPS) is 11.8. The molecule has 0 fully saturated rings. The smallest absolute Gasteiger partial charge is 0.242 e. The fourth-order valence-electron chi connectivity index (χ4n) is 3.25. The van der Waals surface area contributed by atoms with Crippen LogP contribution in [0.3, 0.4) is 0 Å². The molecule has 2 aromatic carbocycles. The molecule has 2 rings (SSSR count). The van der Waals surface area contributed by atoms with Crippen molar-refractivity contribution in [1.29, 1.82) is 0 Å². The molecule has 4 nitrogen and oxygen atoms in total. The van der Waals surface area contributed by atoms with Gasteiger partial charge in [-0.15, -0.1) is 11.8 Å². The van der Waals surface area contributed by atoms with E-state index in [2.05, 4.69) is 37.4 Å². The van der Waals surface area contributed by atoms with Crippen LogP contribution < -0.4 is 5.32 Å². The summed E-state index contributed by atoms with van der Waals surface area (Å²) in [6.45, 7) is 8.41. The van der Waals surface area contributed by atoms with E-state index in [1.54, 1.807) is 30.6 Å². The third-order valence-electron chi connectivity index (χ3n) is 4.79. The van der Waals surface area contributed by atoms with E-state index in [0.717, 1.165) is 16.9 Å². The van der Waals surface area contributed by atoms with Crippen molar-refractivity contribution in [3.05, 3.63) is 70.3 Å². The third kappa shape index (κ3) is 6.13. The molecule has 0 aliphatic carbocycles. The zero-order chi connectivity index (χ0) is 20.7. The summed E-state index contributed by atoms with van der Waals surface area (Å²) in [5, 5.41) is 2.66. The summed E-state index contributed by atoms with van der Waals surface area (Å²) in [7, 11) is 1.60. The highest BCUT2D eigenvalue weighted by atomic mass is 32.2. The van der Waals surface area contributed by atoms with Gasteiger partial charge < -0.3 is 10.2 Å². The average Bonchev–Trinajstić information content (AvgIpc) is 2.65. The number of hydrogen-bond acceptors (Lipinski definition) is 3. The molecule has 1 N–H and O–H groups in total. The summed E-state index contributed by atoms with van der Waals surface area (Å²) < 4.78 is 0. The van der Waals surface area contributed by atoms with Crippen LogP contribution in [0.25, 0.3) is 0 Å². The summed E-state index contributed by atoms with van der Waals surface area (Å²) in [6.07, 6.45) is 0. The predicted octanol–water partition coefficient (Wildman–Crippen LogP) is 4.01. The number of hydrogen-bond donors (Lipinski definition) is 1. The van der Waals surface area contributed by atoms with Crippen LogP contribution in [0.2, 0.25) is 0 Å². The van der Waals surface area contributed by atoms with Gasteiger partial charge in [0.1, 0.15) is 6.04 Å². The molecule has 1 unspecified atom stereocenters. The quantitative estimate of drug-likeness (QED) is 0.731. The monoisotopic (exact) mass is 398 g/mol. The first kappa shape index (κ1) is 22.0. The number of nitrogens with zero attached hydrogens (tertiary/aromatic N) is 1. The van der Waals surface area contributed by atoms with Gasteiger partial charge in [-0.3, -0.25) is 9.59 Å². The number of benzene rings is 2. The molecular weight excluding hydrogens is 368 g/mol. The van der Waals surface area contributed by atoms with Crippen LogP contribution in [0.15, 0.2) is 42.5 Å². The van der Waals surface area contributed by atoms with Gasteiger partial charge >= 0.3 is 0 Å². The van der Waals surface area contributed by atoms with Crippen molar-refractivity contribution in [2.75, 3.05) is 12.8 Å². The Bertz CT molecular complexity index is 815. The Kier molecular flexibility index (Phi) is 8.12. The standard InChI is InChI=1S/C23H30N2O2S/c1-16-10-17(2)12-20(11-16)14-28-15-22(26)25(19(4)23(27)24-5)13-21-9-7-6-8-18(21)3/h6-12,19H,13-15H2,1-5H3,(H,24,27). The van der Waals surface area contributed by atoms with Crippen molar-refractivity contribution in [3.8, 4) is 0 Å². The fourth-order valence-corrected chi connectivity index (χ4v) is 4.10. The average molecular weight is 399 g/mol. The number of aryl methyl sites for hydroxylation is 3. The number of nitrogens with one attached hydrogen (secondary N) is 1.